The maximum Gasteiger partial charge on any atom is 0.312 e. The average molecular weight is 898 g/mol. The number of phenolic OH excluding ortho intramolecular Hbond substituents is 1. The number of phenols is 1. The minimum absolute atomic E-state index is 0.00885. The second-order valence-electron chi connectivity index (χ2n) is 17.4. The minimum atomic E-state index is -2.10. The van der Waals surface area contributed by atoms with Crippen molar-refractivity contribution in [3.8, 4) is 11.5 Å². The number of methoxy groups -OCH3 is 1. The Morgan fingerprint density at radius 1 is 0.923 bits per heavy atom. The molecule has 5 aliphatic rings. The fourth-order valence-electron chi connectivity index (χ4n) is 8.83. The van der Waals surface area contributed by atoms with E-state index in [4.69, 9.17) is 23.8 Å². The van der Waals surface area contributed by atoms with Crippen molar-refractivity contribution in [2.45, 2.75) is 105 Å². The summed E-state index contributed by atoms with van der Waals surface area (Å²) >= 11 is 0. The molecular formula is C49H59N3O13. The normalized spacial score (nSPS) is 30.7. The number of aliphatic hydroxyl groups is 2. The standard InChI is InChI=1S/C49H59N3O13/c1-25-14-13-15-26(2)48(60)50-38-39(52-21-18-33(19-22-52)51-63-24-32-16-11-10-12-17-32)44(58)35-36(43(38)57)42(56)30(6)46-37(35)47(59)49(8,65-46)62-23-20-34(61-9)27(3)45(64-31(7)53)29(5)41(55)28(4)40(25)54/h10-17,20,23,25,27-29,34,40-41,45,54-56H,18-19,21-22,24H2,1-9H3,(H,50,60)/b14-13+,23-20+,26-15-/t25-,27-,28-,29-,34+,40+,41-,45+,49+/m1/s1. The van der Waals surface area contributed by atoms with E-state index in [2.05, 4.69) is 10.5 Å². The molecule has 0 spiro atoms. The number of esters is 1. The van der Waals surface area contributed by atoms with Crippen LogP contribution in [-0.2, 0) is 35.2 Å². The molecule has 4 heterocycles. The van der Waals surface area contributed by atoms with Crippen LogP contribution in [0.5, 0.6) is 11.5 Å². The summed E-state index contributed by atoms with van der Waals surface area (Å²) in [6, 6.07) is 9.53. The minimum Gasteiger partial charge on any atom is -0.507 e. The third kappa shape index (κ3) is 9.80. The summed E-state index contributed by atoms with van der Waals surface area (Å²) in [7, 11) is 1.43. The Hall–Kier alpha value is -6.10. The lowest BCUT2D eigenvalue weighted by molar-refractivity contribution is -0.160. The van der Waals surface area contributed by atoms with Gasteiger partial charge in [0.15, 0.2) is 0 Å². The van der Waals surface area contributed by atoms with E-state index in [1.807, 2.05) is 30.3 Å². The first-order valence-electron chi connectivity index (χ1n) is 21.8. The molecule has 1 aliphatic carbocycles. The van der Waals surface area contributed by atoms with Gasteiger partial charge < -0.3 is 49.3 Å². The summed E-state index contributed by atoms with van der Waals surface area (Å²) in [5.41, 5.74) is 0.0966. The van der Waals surface area contributed by atoms with Crippen LogP contribution in [-0.4, -0.2) is 106 Å². The lowest BCUT2D eigenvalue weighted by Gasteiger charge is -2.38. The topological polar surface area (TPSA) is 220 Å². The highest BCUT2D eigenvalue weighted by atomic mass is 16.7. The second-order valence-corrected chi connectivity index (χ2v) is 17.4. The third-order valence-corrected chi connectivity index (χ3v) is 12.9. The molecular weight excluding hydrogens is 839 g/mol. The van der Waals surface area contributed by atoms with E-state index in [1.54, 1.807) is 44.7 Å². The van der Waals surface area contributed by atoms with Gasteiger partial charge in [0.2, 0.25) is 11.6 Å². The highest BCUT2D eigenvalue weighted by molar-refractivity contribution is 6.32. The SMILES string of the molecule is CO[C@H]1/C=C/O[C@@]2(C)Oc3c(C)c(O)c4c(c3C2=O)C(=O)C(N2CCC(=NOCc3ccccc3)CC2)=C(NC(=O)/C(C)=C\C=C\[C@@H](C)[C@H](O)[C@@H](C)[C@@H](O)[C@@H](C)[C@@H](OC(C)=O)[C@@H]1C)C4=O. The van der Waals surface area contributed by atoms with E-state index in [0.29, 0.717) is 12.8 Å². The van der Waals surface area contributed by atoms with Gasteiger partial charge in [0.05, 0.1) is 47.0 Å². The number of amides is 1. The van der Waals surface area contributed by atoms with Gasteiger partial charge in [0.1, 0.15) is 35.6 Å². The highest BCUT2D eigenvalue weighted by Crippen LogP contribution is 2.49. The van der Waals surface area contributed by atoms with Crippen LogP contribution in [0.2, 0.25) is 0 Å². The molecule has 7 rings (SSSR count). The number of ketones is 3. The molecule has 5 bridgehead atoms. The number of likely N-dealkylation sites (tertiary alicyclic amines) is 1. The second kappa shape index (κ2) is 20.0. The Bertz CT molecular complexity index is 2360. The molecule has 348 valence electrons. The van der Waals surface area contributed by atoms with Gasteiger partial charge in [-0.1, -0.05) is 81.4 Å². The first-order chi connectivity index (χ1) is 30.8. The number of nitrogens with one attached hydrogen (secondary N) is 1. The molecule has 2 aromatic rings. The Kier molecular flexibility index (Phi) is 14.9. The van der Waals surface area contributed by atoms with E-state index >= 15 is 4.79 Å². The number of aromatic hydroxyl groups is 1. The maximum atomic E-state index is 15.0. The van der Waals surface area contributed by atoms with E-state index in [-0.39, 0.29) is 59.1 Å². The van der Waals surface area contributed by atoms with Crippen molar-refractivity contribution in [1.82, 2.24) is 10.2 Å². The zero-order valence-corrected chi connectivity index (χ0v) is 38.2. The molecule has 1 fully saturated rings. The molecule has 4 N–H and O–H groups in total. The van der Waals surface area contributed by atoms with Crippen molar-refractivity contribution < 1.29 is 63.1 Å². The number of fused-ring (bicyclic) bond motifs is 14. The van der Waals surface area contributed by atoms with Crippen molar-refractivity contribution in [2.75, 3.05) is 20.2 Å². The number of benzene rings is 2. The van der Waals surface area contributed by atoms with Crippen molar-refractivity contribution in [1.29, 1.82) is 0 Å². The molecule has 2 aromatic carbocycles. The summed E-state index contributed by atoms with van der Waals surface area (Å²) < 4.78 is 23.7. The molecule has 4 aliphatic heterocycles. The van der Waals surface area contributed by atoms with Gasteiger partial charge in [-0.05, 0) is 25.5 Å². The van der Waals surface area contributed by atoms with Gasteiger partial charge in [0.25, 0.3) is 11.7 Å². The Morgan fingerprint density at radius 2 is 1.60 bits per heavy atom. The number of hydrogen-bond acceptors (Lipinski definition) is 15. The van der Waals surface area contributed by atoms with Crippen LogP contribution in [0, 0.1) is 30.6 Å². The Morgan fingerprint density at radius 3 is 2.25 bits per heavy atom. The van der Waals surface area contributed by atoms with Crippen LogP contribution in [0.3, 0.4) is 0 Å². The number of ether oxygens (including phenoxy) is 4. The number of rotatable bonds is 6. The van der Waals surface area contributed by atoms with Gasteiger partial charge >= 0.3 is 11.8 Å². The predicted molar refractivity (Wildman–Crippen MR) is 238 cm³/mol. The van der Waals surface area contributed by atoms with Crippen molar-refractivity contribution >= 4 is 34.9 Å². The maximum absolute atomic E-state index is 15.0. The van der Waals surface area contributed by atoms with Crippen LogP contribution in [0.25, 0.3) is 0 Å². The number of oxime groups is 1. The molecule has 16 nitrogen and oxygen atoms in total. The number of allylic oxidation sites excluding steroid dienone is 4. The number of aliphatic hydroxyl groups excluding tert-OH is 2. The third-order valence-electron chi connectivity index (χ3n) is 12.9. The molecule has 0 saturated carbocycles. The van der Waals surface area contributed by atoms with E-state index < -0.39 is 94.4 Å². The van der Waals surface area contributed by atoms with Gasteiger partial charge in [-0.15, -0.1) is 0 Å². The van der Waals surface area contributed by atoms with Crippen LogP contribution in [0.15, 0.2) is 83.0 Å². The molecule has 1 amide bonds. The number of hydrogen-bond donors (Lipinski definition) is 4. The van der Waals surface area contributed by atoms with Crippen LogP contribution >= 0.6 is 0 Å². The van der Waals surface area contributed by atoms with E-state index in [0.717, 1.165) is 11.3 Å². The fraction of sp³-hybridized carbons (Fsp3) is 0.469. The number of carbonyl (C=O) groups is 5. The highest BCUT2D eigenvalue weighted by Gasteiger charge is 2.53. The molecule has 65 heavy (non-hydrogen) atoms. The van der Waals surface area contributed by atoms with Crippen molar-refractivity contribution in [3.05, 3.63) is 106 Å². The van der Waals surface area contributed by atoms with Gasteiger partial charge in [0, 0.05) is 81.7 Å². The van der Waals surface area contributed by atoms with Gasteiger partial charge in [-0.2, -0.15) is 0 Å². The zero-order chi connectivity index (χ0) is 47.5. The first-order valence-corrected chi connectivity index (χ1v) is 21.8. The van der Waals surface area contributed by atoms with Crippen LogP contribution in [0.1, 0.15) is 104 Å². The number of nitrogens with zero attached hydrogens (tertiary/aromatic N) is 2. The lowest BCUT2D eigenvalue weighted by atomic mass is 9.78. The van der Waals surface area contributed by atoms with E-state index in [9.17, 15) is 34.5 Å². The van der Waals surface area contributed by atoms with Gasteiger partial charge in [-0.25, -0.2) is 0 Å². The summed E-state index contributed by atoms with van der Waals surface area (Å²) in [5, 5.41) is 41.6. The smallest absolute Gasteiger partial charge is 0.312 e. The molecule has 0 radical (unpaired) electrons. The zero-order valence-electron chi connectivity index (χ0n) is 38.2. The Balaban J connectivity index is 1.43. The molecule has 0 unspecified atom stereocenters. The Labute approximate surface area is 378 Å². The number of piperidine rings is 1. The molecule has 1 saturated heterocycles. The summed E-state index contributed by atoms with van der Waals surface area (Å²) in [4.78, 5) is 77.9. The number of carbonyl (C=O) groups excluding carboxylic acids is 5. The predicted octanol–water partition coefficient (Wildman–Crippen LogP) is 5.63. The summed E-state index contributed by atoms with van der Waals surface area (Å²) in [6.07, 6.45) is 4.08. The fourth-order valence-corrected chi connectivity index (χ4v) is 8.83. The molecule has 9 atom stereocenters. The lowest BCUT2D eigenvalue weighted by Crippen LogP contribution is -2.46. The summed E-state index contributed by atoms with van der Waals surface area (Å²) in [6.45, 7) is 13.0. The van der Waals surface area contributed by atoms with E-state index in [1.165, 1.54) is 53.2 Å². The quantitative estimate of drug-likeness (QED) is 0.204. The molecule has 16 heteroatoms. The first kappa shape index (κ1) is 48.4. The van der Waals surface area contributed by atoms with Crippen LogP contribution in [0.4, 0.5) is 0 Å². The van der Waals surface area contributed by atoms with Crippen molar-refractivity contribution in [2.24, 2.45) is 28.8 Å². The van der Waals surface area contributed by atoms with Crippen molar-refractivity contribution in [3.63, 3.8) is 0 Å². The van der Waals surface area contributed by atoms with Crippen LogP contribution < -0.4 is 10.1 Å². The average Bonchev–Trinajstić information content (AvgIpc) is 3.55. The molecule has 0 aromatic heterocycles. The van der Waals surface area contributed by atoms with Gasteiger partial charge in [-0.3, -0.25) is 24.0 Å². The number of Topliss-reactive ketones (excluding diaryl/α,β-unsaturated/α-hetero) is 3. The monoisotopic (exact) mass is 897 g/mol. The summed E-state index contributed by atoms with van der Waals surface area (Å²) in [5.74, 6) is -9.27. The largest absolute Gasteiger partial charge is 0.507 e.